The lowest BCUT2D eigenvalue weighted by molar-refractivity contribution is 0.164. The van der Waals surface area contributed by atoms with Gasteiger partial charge in [0, 0.05) is 12.4 Å². The summed E-state index contributed by atoms with van der Waals surface area (Å²) in [6.45, 7) is 7.40. The number of nitrogens with zero attached hydrogens (tertiary/aromatic N) is 2. The van der Waals surface area contributed by atoms with E-state index in [1.54, 1.807) is 16.3 Å². The maximum Gasteiger partial charge on any atom is 0.266 e. The van der Waals surface area contributed by atoms with Crippen LogP contribution in [0.25, 0.3) is 16.6 Å². The number of hydrogen-bond donors (Lipinski definition) is 0. The molecule has 1 heterocycles. The molecule has 0 aliphatic rings. The minimum absolute atomic E-state index is 0.0294. The van der Waals surface area contributed by atoms with Gasteiger partial charge in [-0.1, -0.05) is 36.0 Å². The smallest absolute Gasteiger partial charge is 0.266 e. The molecular formula is C20H22N2O2S. The molecular weight excluding hydrogens is 332 g/mol. The van der Waals surface area contributed by atoms with Crippen molar-refractivity contribution >= 4 is 22.7 Å². The molecule has 0 aliphatic heterocycles. The van der Waals surface area contributed by atoms with E-state index >= 15 is 0 Å². The first-order valence-electron chi connectivity index (χ1n) is 8.42. The maximum absolute atomic E-state index is 13.2. The van der Waals surface area contributed by atoms with Gasteiger partial charge in [-0.2, -0.15) is 0 Å². The number of para-hydroxylation sites is 1. The van der Waals surface area contributed by atoms with Gasteiger partial charge in [0.25, 0.3) is 5.56 Å². The highest BCUT2D eigenvalue weighted by atomic mass is 32.2. The van der Waals surface area contributed by atoms with Crippen molar-refractivity contribution in [1.82, 2.24) is 9.55 Å². The van der Waals surface area contributed by atoms with Gasteiger partial charge < -0.3 is 4.74 Å². The highest BCUT2D eigenvalue weighted by Gasteiger charge is 2.15. The van der Waals surface area contributed by atoms with E-state index in [4.69, 9.17) is 9.72 Å². The Bertz CT molecular complexity index is 950. The lowest BCUT2D eigenvalue weighted by atomic mass is 10.1. The van der Waals surface area contributed by atoms with Crippen LogP contribution in [0.5, 0.6) is 0 Å². The molecule has 2 aromatic carbocycles. The van der Waals surface area contributed by atoms with Crippen LogP contribution in [-0.2, 0) is 4.74 Å². The maximum atomic E-state index is 13.2. The molecule has 3 rings (SSSR count). The first kappa shape index (κ1) is 17.7. The SMILES string of the molecule is CCOCCSc1nc2ccccc2c(=O)n1-c1cccc(C)c1C. The topological polar surface area (TPSA) is 44.1 Å². The molecule has 0 saturated heterocycles. The van der Waals surface area contributed by atoms with Gasteiger partial charge in [-0.15, -0.1) is 0 Å². The zero-order valence-electron chi connectivity index (χ0n) is 14.8. The molecule has 0 aliphatic carbocycles. The summed E-state index contributed by atoms with van der Waals surface area (Å²) in [6, 6.07) is 13.5. The van der Waals surface area contributed by atoms with Crippen LogP contribution < -0.4 is 5.56 Å². The van der Waals surface area contributed by atoms with E-state index < -0.39 is 0 Å². The highest BCUT2D eigenvalue weighted by molar-refractivity contribution is 7.99. The van der Waals surface area contributed by atoms with Crippen LogP contribution in [-0.4, -0.2) is 28.5 Å². The number of ether oxygens (including phenoxy) is 1. The summed E-state index contributed by atoms with van der Waals surface area (Å²) in [6.07, 6.45) is 0. The highest BCUT2D eigenvalue weighted by Crippen LogP contribution is 2.24. The quantitative estimate of drug-likeness (QED) is 0.379. The second-order valence-corrected chi connectivity index (χ2v) is 6.88. The molecule has 4 nitrogen and oxygen atoms in total. The van der Waals surface area contributed by atoms with E-state index in [1.165, 1.54) is 0 Å². The molecule has 0 spiro atoms. The molecule has 0 bridgehead atoms. The summed E-state index contributed by atoms with van der Waals surface area (Å²) in [5, 5.41) is 1.34. The average molecular weight is 354 g/mol. The Morgan fingerprint density at radius 2 is 1.92 bits per heavy atom. The molecule has 0 saturated carbocycles. The average Bonchev–Trinajstić information content (AvgIpc) is 2.62. The van der Waals surface area contributed by atoms with E-state index in [9.17, 15) is 4.79 Å². The first-order chi connectivity index (χ1) is 12.1. The first-order valence-corrected chi connectivity index (χ1v) is 9.41. The molecule has 130 valence electrons. The molecule has 1 aromatic heterocycles. The van der Waals surface area contributed by atoms with Crippen LogP contribution >= 0.6 is 11.8 Å². The van der Waals surface area contributed by atoms with Crippen molar-refractivity contribution in [1.29, 1.82) is 0 Å². The number of rotatable bonds is 6. The van der Waals surface area contributed by atoms with Crippen molar-refractivity contribution in [2.45, 2.75) is 25.9 Å². The summed E-state index contributed by atoms with van der Waals surface area (Å²) in [4.78, 5) is 17.9. The van der Waals surface area contributed by atoms with Crippen molar-refractivity contribution in [2.24, 2.45) is 0 Å². The fourth-order valence-electron chi connectivity index (χ4n) is 2.74. The van der Waals surface area contributed by atoms with Crippen LogP contribution in [0.2, 0.25) is 0 Å². The Balaban J connectivity index is 2.18. The fourth-order valence-corrected chi connectivity index (χ4v) is 3.59. The summed E-state index contributed by atoms with van der Waals surface area (Å²) >= 11 is 1.55. The van der Waals surface area contributed by atoms with E-state index in [0.29, 0.717) is 23.8 Å². The lowest BCUT2D eigenvalue weighted by Crippen LogP contribution is -2.23. The Kier molecular flexibility index (Phi) is 5.56. The fraction of sp³-hybridized carbons (Fsp3) is 0.300. The molecule has 0 radical (unpaired) electrons. The number of thioether (sulfide) groups is 1. The van der Waals surface area contributed by atoms with E-state index in [-0.39, 0.29) is 5.56 Å². The molecule has 3 aromatic rings. The minimum Gasteiger partial charge on any atom is -0.381 e. The van der Waals surface area contributed by atoms with Gasteiger partial charge >= 0.3 is 0 Å². The number of aromatic nitrogens is 2. The normalized spacial score (nSPS) is 11.2. The summed E-state index contributed by atoms with van der Waals surface area (Å²) in [7, 11) is 0. The third kappa shape index (κ3) is 3.62. The molecule has 0 unspecified atom stereocenters. The number of hydrogen-bond acceptors (Lipinski definition) is 4. The summed E-state index contributed by atoms with van der Waals surface area (Å²) in [5.74, 6) is 0.753. The predicted octanol–water partition coefficient (Wildman–Crippen LogP) is 4.13. The third-order valence-corrected chi connectivity index (χ3v) is 5.13. The number of aryl methyl sites for hydroxylation is 1. The van der Waals surface area contributed by atoms with E-state index in [1.807, 2.05) is 50.2 Å². The van der Waals surface area contributed by atoms with Crippen molar-refractivity contribution in [3.63, 3.8) is 0 Å². The van der Waals surface area contributed by atoms with Gasteiger partial charge in [0.15, 0.2) is 5.16 Å². The van der Waals surface area contributed by atoms with Crippen LogP contribution in [0.15, 0.2) is 52.4 Å². The van der Waals surface area contributed by atoms with E-state index in [2.05, 4.69) is 13.0 Å². The molecule has 0 atom stereocenters. The van der Waals surface area contributed by atoms with Gasteiger partial charge in [0.2, 0.25) is 0 Å². The van der Waals surface area contributed by atoms with Gasteiger partial charge in [-0.3, -0.25) is 9.36 Å². The van der Waals surface area contributed by atoms with Gasteiger partial charge in [0.1, 0.15) is 0 Å². The second-order valence-electron chi connectivity index (χ2n) is 5.82. The largest absolute Gasteiger partial charge is 0.381 e. The standard InChI is InChI=1S/C20H22N2O2S/c1-4-24-12-13-25-20-21-17-10-6-5-9-16(17)19(23)22(20)18-11-7-8-14(2)15(18)3/h5-11H,4,12-13H2,1-3H3. The van der Waals surface area contributed by atoms with Crippen molar-refractivity contribution in [3.8, 4) is 5.69 Å². The summed E-state index contributed by atoms with van der Waals surface area (Å²) in [5.41, 5.74) is 3.84. The van der Waals surface area contributed by atoms with Crippen LogP contribution in [0.3, 0.4) is 0 Å². The molecule has 0 N–H and O–H groups in total. The van der Waals surface area contributed by atoms with Crippen molar-refractivity contribution in [2.75, 3.05) is 19.0 Å². The molecule has 0 amide bonds. The Hall–Kier alpha value is -2.11. The van der Waals surface area contributed by atoms with Gasteiger partial charge in [-0.05, 0) is 50.1 Å². The molecule has 5 heteroatoms. The van der Waals surface area contributed by atoms with Crippen molar-refractivity contribution < 1.29 is 4.74 Å². The van der Waals surface area contributed by atoms with Gasteiger partial charge in [-0.25, -0.2) is 4.98 Å². The Morgan fingerprint density at radius 1 is 1.12 bits per heavy atom. The zero-order valence-corrected chi connectivity index (χ0v) is 15.6. The predicted molar refractivity (Wildman–Crippen MR) is 104 cm³/mol. The van der Waals surface area contributed by atoms with Crippen molar-refractivity contribution in [3.05, 3.63) is 63.9 Å². The van der Waals surface area contributed by atoms with Gasteiger partial charge in [0.05, 0.1) is 23.2 Å². The zero-order chi connectivity index (χ0) is 17.8. The van der Waals surface area contributed by atoms with E-state index in [0.717, 1.165) is 28.1 Å². The minimum atomic E-state index is -0.0294. The summed E-state index contributed by atoms with van der Waals surface area (Å²) < 4.78 is 7.16. The van der Waals surface area contributed by atoms with Crippen LogP contribution in [0.1, 0.15) is 18.1 Å². The third-order valence-electron chi connectivity index (χ3n) is 4.22. The Morgan fingerprint density at radius 3 is 2.72 bits per heavy atom. The second kappa shape index (κ2) is 7.85. The molecule has 0 fully saturated rings. The number of fused-ring (bicyclic) bond motifs is 1. The number of benzene rings is 2. The van der Waals surface area contributed by atoms with Crippen LogP contribution in [0, 0.1) is 13.8 Å². The van der Waals surface area contributed by atoms with Crippen LogP contribution in [0.4, 0.5) is 0 Å². The lowest BCUT2D eigenvalue weighted by Gasteiger charge is -2.16. The Labute approximate surface area is 151 Å². The molecule has 25 heavy (non-hydrogen) atoms. The monoisotopic (exact) mass is 354 g/mol.